The Morgan fingerprint density at radius 1 is 1.15 bits per heavy atom. The molecule has 0 radical (unpaired) electrons. The topological polar surface area (TPSA) is 167 Å². The highest BCUT2D eigenvalue weighted by Crippen LogP contribution is 2.37. The number of aryl methyl sites for hydroxylation is 1. The van der Waals surface area contributed by atoms with Gasteiger partial charge in [-0.3, -0.25) is 19.8 Å². The summed E-state index contributed by atoms with van der Waals surface area (Å²) in [6.45, 7) is 4.85. The van der Waals surface area contributed by atoms with Crippen molar-refractivity contribution in [3.05, 3.63) is 51.5 Å². The monoisotopic (exact) mass is 551 g/mol. The van der Waals surface area contributed by atoms with Gasteiger partial charge in [-0.15, -0.1) is 0 Å². The van der Waals surface area contributed by atoms with Crippen molar-refractivity contribution in [1.29, 1.82) is 0 Å². The highest BCUT2D eigenvalue weighted by atomic mass is 32.1. The Balaban J connectivity index is 1.51. The molecule has 0 unspecified atom stereocenters. The molecule has 0 atom stereocenters. The predicted molar refractivity (Wildman–Crippen MR) is 142 cm³/mol. The molecule has 1 saturated heterocycles. The third kappa shape index (κ3) is 5.36. The smallest absolute Gasteiger partial charge is 0.350 e. The van der Waals surface area contributed by atoms with Crippen LogP contribution in [-0.2, 0) is 27.3 Å². The highest BCUT2D eigenvalue weighted by Gasteiger charge is 2.35. The van der Waals surface area contributed by atoms with Crippen LogP contribution in [0.25, 0.3) is 0 Å². The van der Waals surface area contributed by atoms with Crippen LogP contribution < -0.4 is 20.4 Å². The summed E-state index contributed by atoms with van der Waals surface area (Å²) in [7, 11) is 0. The number of esters is 1. The first kappa shape index (κ1) is 26.0. The van der Waals surface area contributed by atoms with Crippen molar-refractivity contribution in [2.45, 2.75) is 26.8 Å². The van der Waals surface area contributed by atoms with E-state index in [4.69, 9.17) is 4.74 Å². The maximum absolute atomic E-state index is 13.1. The van der Waals surface area contributed by atoms with Gasteiger partial charge in [0.25, 0.3) is 0 Å². The van der Waals surface area contributed by atoms with Crippen LogP contribution in [-0.4, -0.2) is 70.1 Å². The number of fused-ring (bicyclic) bond motifs is 1. The Bertz CT molecular complexity index is 1470. The molecule has 3 aromatic rings. The molecule has 2 aromatic heterocycles. The Morgan fingerprint density at radius 3 is 2.59 bits per heavy atom. The van der Waals surface area contributed by atoms with Crippen molar-refractivity contribution in [2.75, 3.05) is 41.4 Å². The van der Waals surface area contributed by atoms with Crippen molar-refractivity contribution >= 4 is 57.8 Å². The van der Waals surface area contributed by atoms with Crippen LogP contribution in [0.4, 0.5) is 22.7 Å². The fraction of sp³-hybridized carbons (Fsp3) is 0.320. The second kappa shape index (κ2) is 10.6. The molecule has 39 heavy (non-hydrogen) atoms. The maximum Gasteiger partial charge on any atom is 0.350 e. The number of ether oxygens (including phenoxy) is 1. The zero-order valence-corrected chi connectivity index (χ0v) is 22.0. The summed E-state index contributed by atoms with van der Waals surface area (Å²) in [5, 5.41) is 15.4. The van der Waals surface area contributed by atoms with Gasteiger partial charge in [-0.2, -0.15) is 9.97 Å². The summed E-state index contributed by atoms with van der Waals surface area (Å²) in [6.07, 6.45) is 0.0552. The SMILES string of the molecule is CCOC(=O)c1sc(Nc2nc(N3CCNC(=O)C3)c3c(n2)N(Cc2ccc(C(=O)O)cc2)C(=O)C3)nc1C. The van der Waals surface area contributed by atoms with Crippen LogP contribution in [0, 0.1) is 6.92 Å². The van der Waals surface area contributed by atoms with Crippen LogP contribution in [0.5, 0.6) is 0 Å². The zero-order valence-electron chi connectivity index (χ0n) is 21.2. The normalized spacial score (nSPS) is 14.7. The lowest BCUT2D eigenvalue weighted by Crippen LogP contribution is -2.48. The van der Waals surface area contributed by atoms with Gasteiger partial charge in [0.05, 0.1) is 37.4 Å². The van der Waals surface area contributed by atoms with Crippen LogP contribution in [0.2, 0.25) is 0 Å². The maximum atomic E-state index is 13.1. The van der Waals surface area contributed by atoms with Gasteiger partial charge in [-0.05, 0) is 31.5 Å². The number of carboxylic acid groups (broad SMARTS) is 1. The summed E-state index contributed by atoms with van der Waals surface area (Å²) in [5.41, 5.74) is 1.97. The van der Waals surface area contributed by atoms with Gasteiger partial charge in [-0.1, -0.05) is 23.5 Å². The highest BCUT2D eigenvalue weighted by molar-refractivity contribution is 7.17. The molecule has 2 aliphatic rings. The minimum atomic E-state index is -1.04. The fourth-order valence-electron chi connectivity index (χ4n) is 4.37. The Kier molecular flexibility index (Phi) is 7.11. The number of rotatable bonds is 8. The van der Waals surface area contributed by atoms with Crippen molar-refractivity contribution < 1.29 is 29.0 Å². The van der Waals surface area contributed by atoms with E-state index in [1.165, 1.54) is 17.0 Å². The molecule has 2 amide bonds. The quantitative estimate of drug-likeness (QED) is 0.350. The average molecular weight is 552 g/mol. The minimum Gasteiger partial charge on any atom is -0.478 e. The van der Waals surface area contributed by atoms with Crippen molar-refractivity contribution in [3.8, 4) is 0 Å². The van der Waals surface area contributed by atoms with Gasteiger partial charge in [0.2, 0.25) is 17.8 Å². The second-order valence-electron chi connectivity index (χ2n) is 8.88. The van der Waals surface area contributed by atoms with Crippen molar-refractivity contribution in [1.82, 2.24) is 20.3 Å². The third-order valence-corrected chi connectivity index (χ3v) is 7.26. The van der Waals surface area contributed by atoms with Gasteiger partial charge >= 0.3 is 11.9 Å². The standard InChI is InChI=1S/C25H25N7O6S/c1-3-38-23(37)19-13(2)27-25(39-19)30-24-28-20(31-9-8-26-17(33)12-31)16-10-18(34)32(21(16)29-24)11-14-4-6-15(7-5-14)22(35)36/h4-7H,3,8-12H2,1-2H3,(H,26,33)(H,35,36)(H,27,28,29,30). The number of nitrogens with zero attached hydrogens (tertiary/aromatic N) is 5. The van der Waals surface area contributed by atoms with E-state index in [0.29, 0.717) is 46.0 Å². The summed E-state index contributed by atoms with van der Waals surface area (Å²) in [5.74, 6) is -0.853. The van der Waals surface area contributed by atoms with Gasteiger partial charge in [-0.25, -0.2) is 14.6 Å². The van der Waals surface area contributed by atoms with E-state index in [9.17, 15) is 24.3 Å². The number of aromatic nitrogens is 3. The van der Waals surface area contributed by atoms with E-state index in [2.05, 4.69) is 25.6 Å². The van der Waals surface area contributed by atoms with Gasteiger partial charge in [0, 0.05) is 18.7 Å². The van der Waals surface area contributed by atoms with E-state index in [0.717, 1.165) is 16.9 Å². The molecule has 5 rings (SSSR count). The number of nitrogens with one attached hydrogen (secondary N) is 2. The van der Waals surface area contributed by atoms with E-state index in [-0.39, 0.29) is 49.4 Å². The first-order chi connectivity index (χ1) is 18.7. The summed E-state index contributed by atoms with van der Waals surface area (Å²) < 4.78 is 5.10. The van der Waals surface area contributed by atoms with Crippen LogP contribution >= 0.6 is 11.3 Å². The lowest BCUT2D eigenvalue weighted by atomic mass is 10.1. The van der Waals surface area contributed by atoms with E-state index in [1.54, 1.807) is 30.9 Å². The van der Waals surface area contributed by atoms with Gasteiger partial charge < -0.3 is 20.1 Å². The number of piperazine rings is 1. The fourth-order valence-corrected chi connectivity index (χ4v) is 5.23. The minimum absolute atomic E-state index is 0.0552. The lowest BCUT2D eigenvalue weighted by Gasteiger charge is -2.29. The molecule has 0 spiro atoms. The van der Waals surface area contributed by atoms with Crippen LogP contribution in [0.15, 0.2) is 24.3 Å². The van der Waals surface area contributed by atoms with E-state index < -0.39 is 11.9 Å². The lowest BCUT2D eigenvalue weighted by molar-refractivity contribution is -0.120. The molecule has 4 heterocycles. The molecule has 13 nitrogen and oxygen atoms in total. The first-order valence-electron chi connectivity index (χ1n) is 12.2. The third-order valence-electron chi connectivity index (χ3n) is 6.20. The molecule has 2 aliphatic heterocycles. The number of aromatic carboxylic acids is 1. The predicted octanol–water partition coefficient (Wildman–Crippen LogP) is 1.89. The van der Waals surface area contributed by atoms with Crippen LogP contribution in [0.3, 0.4) is 0 Å². The number of amides is 2. The number of hydrogen-bond acceptors (Lipinski definition) is 11. The molecular weight excluding hydrogens is 526 g/mol. The zero-order chi connectivity index (χ0) is 27.7. The molecular formula is C25H25N7O6S. The average Bonchev–Trinajstić information content (AvgIpc) is 3.42. The molecule has 0 aliphatic carbocycles. The summed E-state index contributed by atoms with van der Waals surface area (Å²) in [6, 6.07) is 6.27. The summed E-state index contributed by atoms with van der Waals surface area (Å²) in [4.78, 5) is 66.1. The second-order valence-corrected chi connectivity index (χ2v) is 9.88. The van der Waals surface area contributed by atoms with E-state index in [1.807, 2.05) is 0 Å². The molecule has 1 fully saturated rings. The summed E-state index contributed by atoms with van der Waals surface area (Å²) >= 11 is 1.10. The Morgan fingerprint density at radius 2 is 1.90 bits per heavy atom. The molecule has 0 saturated carbocycles. The number of benzene rings is 1. The number of carbonyl (C=O) groups is 4. The molecule has 3 N–H and O–H groups in total. The largest absolute Gasteiger partial charge is 0.478 e. The number of hydrogen-bond donors (Lipinski definition) is 3. The van der Waals surface area contributed by atoms with Crippen molar-refractivity contribution in [2.24, 2.45) is 0 Å². The number of thiazole rings is 1. The Hall–Kier alpha value is -4.59. The van der Waals surface area contributed by atoms with Gasteiger partial charge in [0.1, 0.15) is 16.5 Å². The Labute approximate surface area is 226 Å². The molecule has 0 bridgehead atoms. The van der Waals surface area contributed by atoms with E-state index >= 15 is 0 Å². The molecule has 14 heteroatoms. The number of carboxylic acids is 1. The molecule has 1 aromatic carbocycles. The first-order valence-corrected chi connectivity index (χ1v) is 13.0. The van der Waals surface area contributed by atoms with Crippen LogP contribution in [0.1, 0.15) is 43.8 Å². The number of anilines is 4. The van der Waals surface area contributed by atoms with Crippen molar-refractivity contribution in [3.63, 3.8) is 0 Å². The number of carbonyl (C=O) groups excluding carboxylic acids is 3. The van der Waals surface area contributed by atoms with Gasteiger partial charge in [0.15, 0.2) is 5.13 Å². The molecule has 202 valence electrons.